The minimum atomic E-state index is -0.789. The number of likely N-dealkylation sites (N-methyl/N-ethyl adjacent to an activating group) is 1. The highest BCUT2D eigenvalue weighted by Gasteiger charge is 2.17. The maximum Gasteiger partial charge on any atom is 0.349 e. The van der Waals surface area contributed by atoms with Crippen molar-refractivity contribution in [3.8, 4) is 6.07 Å². The van der Waals surface area contributed by atoms with Crippen molar-refractivity contribution in [3.63, 3.8) is 0 Å². The van der Waals surface area contributed by atoms with Crippen LogP contribution in [0.1, 0.15) is 42.1 Å². The fourth-order valence-electron chi connectivity index (χ4n) is 3.04. The van der Waals surface area contributed by atoms with Crippen molar-refractivity contribution in [1.82, 2.24) is 9.47 Å². The van der Waals surface area contributed by atoms with E-state index in [0.717, 1.165) is 34.8 Å². The van der Waals surface area contributed by atoms with Gasteiger partial charge in [0.05, 0.1) is 6.54 Å². The molecule has 0 fully saturated rings. The van der Waals surface area contributed by atoms with Gasteiger partial charge in [-0.3, -0.25) is 4.79 Å². The van der Waals surface area contributed by atoms with Crippen LogP contribution in [-0.2, 0) is 27.4 Å². The first-order valence-corrected chi connectivity index (χ1v) is 10.8. The molecular weight excluding hydrogens is 398 g/mol. The van der Waals surface area contributed by atoms with Crippen LogP contribution in [0.4, 0.5) is 0 Å². The quantitative estimate of drug-likeness (QED) is 0.339. The van der Waals surface area contributed by atoms with Crippen molar-refractivity contribution in [2.24, 2.45) is 5.92 Å². The highest BCUT2D eigenvalue weighted by Crippen LogP contribution is 2.20. The molecule has 0 aliphatic heterocycles. The van der Waals surface area contributed by atoms with Gasteiger partial charge < -0.3 is 14.2 Å². The molecule has 160 valence electrons. The molecule has 0 aliphatic rings. The van der Waals surface area contributed by atoms with E-state index in [-0.39, 0.29) is 11.5 Å². The highest BCUT2D eigenvalue weighted by molar-refractivity contribution is 7.09. The number of nitriles is 1. The number of hydrogen-bond donors (Lipinski definition) is 0. The van der Waals surface area contributed by atoms with Crippen LogP contribution in [0.15, 0.2) is 29.2 Å². The first kappa shape index (κ1) is 23.4. The lowest BCUT2D eigenvalue weighted by Crippen LogP contribution is -2.30. The van der Waals surface area contributed by atoms with Crippen LogP contribution in [0.5, 0.6) is 0 Å². The Labute approximate surface area is 182 Å². The number of ether oxygens (including phenoxy) is 1. The summed E-state index contributed by atoms with van der Waals surface area (Å²) in [5.41, 5.74) is 2.77. The van der Waals surface area contributed by atoms with Gasteiger partial charge in [0.15, 0.2) is 6.61 Å². The van der Waals surface area contributed by atoms with E-state index in [0.29, 0.717) is 12.5 Å². The molecule has 2 aromatic rings. The summed E-state index contributed by atoms with van der Waals surface area (Å²) in [7, 11) is 1.66. The normalized spacial score (nSPS) is 11.4. The summed E-state index contributed by atoms with van der Waals surface area (Å²) >= 11 is 1.56. The number of aromatic nitrogens is 1. The Hall–Kier alpha value is -2.85. The number of esters is 1. The second-order valence-electron chi connectivity index (χ2n) is 7.74. The van der Waals surface area contributed by atoms with E-state index in [2.05, 4.69) is 18.4 Å². The number of nitrogens with zero attached hydrogens (tertiary/aromatic N) is 3. The topological polar surface area (TPSA) is 75.3 Å². The van der Waals surface area contributed by atoms with Gasteiger partial charge in [0.25, 0.3) is 5.91 Å². The van der Waals surface area contributed by atoms with Crippen LogP contribution < -0.4 is 0 Å². The lowest BCUT2D eigenvalue weighted by atomic mass is 10.1. The standard InChI is InChI=1S/C23H29N3O3S/c1-16(2)8-9-26-17(3)11-19(18(26)4)12-20(13-24)23(28)29-15-22(27)25(5)14-21-7-6-10-30-21/h6-7,10-12,16H,8-9,14-15H2,1-5H3/b20-12+. The molecule has 6 nitrogen and oxygen atoms in total. The molecule has 0 atom stereocenters. The molecule has 30 heavy (non-hydrogen) atoms. The molecular formula is C23H29N3O3S. The van der Waals surface area contributed by atoms with E-state index in [1.807, 2.05) is 43.5 Å². The monoisotopic (exact) mass is 427 g/mol. The van der Waals surface area contributed by atoms with Crippen molar-refractivity contribution in [1.29, 1.82) is 5.26 Å². The van der Waals surface area contributed by atoms with Crippen LogP contribution in [-0.4, -0.2) is 35.0 Å². The van der Waals surface area contributed by atoms with Gasteiger partial charge in [-0.1, -0.05) is 19.9 Å². The third-order valence-electron chi connectivity index (χ3n) is 4.91. The molecule has 0 spiro atoms. The summed E-state index contributed by atoms with van der Waals surface area (Å²) in [6.07, 6.45) is 2.59. The van der Waals surface area contributed by atoms with Gasteiger partial charge in [0.1, 0.15) is 11.6 Å². The van der Waals surface area contributed by atoms with Crippen LogP contribution >= 0.6 is 11.3 Å². The first-order chi connectivity index (χ1) is 14.2. The molecule has 1 amide bonds. The number of thiophene rings is 1. The van der Waals surface area contributed by atoms with Crippen molar-refractivity contribution in [2.45, 2.75) is 47.2 Å². The molecule has 0 N–H and O–H groups in total. The molecule has 0 saturated heterocycles. The zero-order valence-electron chi connectivity index (χ0n) is 18.3. The second kappa shape index (κ2) is 10.8. The summed E-state index contributed by atoms with van der Waals surface area (Å²) in [4.78, 5) is 27.1. The maximum atomic E-state index is 12.4. The molecule has 2 rings (SSSR count). The van der Waals surface area contributed by atoms with E-state index >= 15 is 0 Å². The number of rotatable bonds is 9. The lowest BCUT2D eigenvalue weighted by molar-refractivity contribution is -0.148. The summed E-state index contributed by atoms with van der Waals surface area (Å²) in [5, 5.41) is 11.4. The average Bonchev–Trinajstić information content (AvgIpc) is 3.30. The Bertz CT molecular complexity index is 949. The van der Waals surface area contributed by atoms with E-state index in [9.17, 15) is 14.9 Å². The molecule has 0 radical (unpaired) electrons. The zero-order chi connectivity index (χ0) is 22.3. The van der Waals surface area contributed by atoms with Gasteiger partial charge in [-0.25, -0.2) is 4.79 Å². The summed E-state index contributed by atoms with van der Waals surface area (Å²) in [6, 6.07) is 7.72. The third kappa shape index (κ3) is 6.33. The van der Waals surface area contributed by atoms with E-state index in [1.54, 1.807) is 18.4 Å². The Morgan fingerprint density at radius 3 is 2.70 bits per heavy atom. The summed E-state index contributed by atoms with van der Waals surface area (Å²) in [5.74, 6) is -0.520. The highest BCUT2D eigenvalue weighted by atomic mass is 32.1. The minimum absolute atomic E-state index is 0.118. The van der Waals surface area contributed by atoms with Crippen LogP contribution in [0.3, 0.4) is 0 Å². The van der Waals surface area contributed by atoms with Gasteiger partial charge in [0, 0.05) is 29.9 Å². The van der Waals surface area contributed by atoms with Crippen molar-refractivity contribution in [2.75, 3.05) is 13.7 Å². The van der Waals surface area contributed by atoms with Gasteiger partial charge in [0.2, 0.25) is 0 Å². The molecule has 2 aromatic heterocycles. The largest absolute Gasteiger partial charge is 0.451 e. The molecule has 0 aromatic carbocycles. The second-order valence-corrected chi connectivity index (χ2v) is 8.77. The van der Waals surface area contributed by atoms with Gasteiger partial charge in [-0.05, 0) is 55.3 Å². The molecule has 7 heteroatoms. The number of aryl methyl sites for hydroxylation is 1. The SMILES string of the molecule is Cc1cc(/C=C(\C#N)C(=O)OCC(=O)N(C)Cc2cccs2)c(C)n1CCC(C)C. The Morgan fingerprint density at radius 1 is 1.37 bits per heavy atom. The predicted molar refractivity (Wildman–Crippen MR) is 119 cm³/mol. The van der Waals surface area contributed by atoms with E-state index < -0.39 is 12.6 Å². The Balaban J connectivity index is 2.02. The van der Waals surface area contributed by atoms with Crippen LogP contribution in [0.2, 0.25) is 0 Å². The number of hydrogen-bond acceptors (Lipinski definition) is 5. The molecule has 2 heterocycles. The number of amides is 1. The molecule has 0 bridgehead atoms. The number of carbonyl (C=O) groups excluding carboxylic acids is 2. The lowest BCUT2D eigenvalue weighted by Gasteiger charge is -2.16. The molecule has 0 aliphatic carbocycles. The Kier molecular flexibility index (Phi) is 8.43. The fourth-order valence-corrected chi connectivity index (χ4v) is 3.79. The van der Waals surface area contributed by atoms with Crippen molar-refractivity contribution < 1.29 is 14.3 Å². The third-order valence-corrected chi connectivity index (χ3v) is 5.77. The molecule has 0 unspecified atom stereocenters. The van der Waals surface area contributed by atoms with Gasteiger partial charge >= 0.3 is 5.97 Å². The van der Waals surface area contributed by atoms with Crippen LogP contribution in [0, 0.1) is 31.1 Å². The predicted octanol–water partition coefficient (Wildman–Crippen LogP) is 4.32. The van der Waals surface area contributed by atoms with Gasteiger partial charge in [-0.15, -0.1) is 11.3 Å². The Morgan fingerprint density at radius 2 is 2.10 bits per heavy atom. The van der Waals surface area contributed by atoms with E-state index in [1.165, 1.54) is 11.0 Å². The van der Waals surface area contributed by atoms with Crippen molar-refractivity contribution >= 4 is 29.3 Å². The molecule has 0 saturated carbocycles. The number of carbonyl (C=O) groups is 2. The van der Waals surface area contributed by atoms with Crippen molar-refractivity contribution in [3.05, 3.63) is 51.0 Å². The first-order valence-electron chi connectivity index (χ1n) is 9.95. The minimum Gasteiger partial charge on any atom is -0.451 e. The zero-order valence-corrected chi connectivity index (χ0v) is 19.1. The summed E-state index contributed by atoms with van der Waals surface area (Å²) in [6.45, 7) is 9.29. The average molecular weight is 428 g/mol. The van der Waals surface area contributed by atoms with Crippen LogP contribution in [0.25, 0.3) is 6.08 Å². The van der Waals surface area contributed by atoms with E-state index in [4.69, 9.17) is 4.74 Å². The fraction of sp³-hybridized carbons (Fsp3) is 0.435. The smallest absolute Gasteiger partial charge is 0.349 e. The summed E-state index contributed by atoms with van der Waals surface area (Å²) < 4.78 is 7.29. The van der Waals surface area contributed by atoms with Gasteiger partial charge in [-0.2, -0.15) is 5.26 Å². The maximum absolute atomic E-state index is 12.4.